The lowest BCUT2D eigenvalue weighted by atomic mass is 10.0. The van der Waals surface area contributed by atoms with Crippen LogP contribution in [-0.4, -0.2) is 16.7 Å². The Hall–Kier alpha value is -3.70. The van der Waals surface area contributed by atoms with Gasteiger partial charge in [0.25, 0.3) is 0 Å². The molecule has 0 unspecified atom stereocenters. The molecule has 4 nitrogen and oxygen atoms in total. The minimum atomic E-state index is -0.145. The zero-order chi connectivity index (χ0) is 22.6. The van der Waals surface area contributed by atoms with Crippen LogP contribution in [0.15, 0.2) is 107 Å². The summed E-state index contributed by atoms with van der Waals surface area (Å²) < 4.78 is 3.23. The number of carbonyl (C=O) groups excluding carboxylic acids is 1. The van der Waals surface area contributed by atoms with Crippen molar-refractivity contribution in [1.82, 2.24) is 9.99 Å². The Morgan fingerprint density at radius 1 is 0.879 bits per heavy atom. The topological polar surface area (TPSA) is 46.4 Å². The van der Waals surface area contributed by atoms with Crippen LogP contribution in [0.1, 0.15) is 16.7 Å². The quantitative estimate of drug-likeness (QED) is 0.218. The van der Waals surface area contributed by atoms with Crippen LogP contribution in [0, 0.1) is 0 Å². The van der Waals surface area contributed by atoms with Crippen molar-refractivity contribution in [1.29, 1.82) is 0 Å². The number of nitrogens with zero attached hydrogens (tertiary/aromatic N) is 2. The molecule has 33 heavy (non-hydrogen) atoms. The van der Waals surface area contributed by atoms with Crippen LogP contribution in [0.4, 0.5) is 0 Å². The summed E-state index contributed by atoms with van der Waals surface area (Å²) in [5.41, 5.74) is 6.96. The number of hydrogen-bond acceptors (Lipinski definition) is 2. The van der Waals surface area contributed by atoms with E-state index in [4.69, 9.17) is 0 Å². The Balaban J connectivity index is 1.37. The summed E-state index contributed by atoms with van der Waals surface area (Å²) in [7, 11) is 0. The molecule has 1 aromatic heterocycles. The molecule has 0 aliphatic carbocycles. The van der Waals surface area contributed by atoms with Crippen molar-refractivity contribution in [2.45, 2.75) is 13.0 Å². The van der Waals surface area contributed by atoms with E-state index in [-0.39, 0.29) is 12.3 Å². The van der Waals surface area contributed by atoms with Crippen LogP contribution in [0.25, 0.3) is 21.7 Å². The van der Waals surface area contributed by atoms with Gasteiger partial charge in [0.15, 0.2) is 0 Å². The summed E-state index contributed by atoms with van der Waals surface area (Å²) in [6.07, 6.45) is 4.10. The highest BCUT2D eigenvalue weighted by Crippen LogP contribution is 2.24. The molecule has 5 rings (SSSR count). The number of benzene rings is 4. The van der Waals surface area contributed by atoms with E-state index in [1.54, 1.807) is 6.21 Å². The Morgan fingerprint density at radius 3 is 2.45 bits per heavy atom. The minimum absolute atomic E-state index is 0.145. The number of fused-ring (bicyclic) bond motifs is 2. The van der Waals surface area contributed by atoms with Crippen molar-refractivity contribution >= 4 is 49.7 Å². The monoisotopic (exact) mass is 495 g/mol. The molecule has 0 saturated carbocycles. The molecule has 0 fully saturated rings. The van der Waals surface area contributed by atoms with E-state index in [0.29, 0.717) is 0 Å². The summed E-state index contributed by atoms with van der Waals surface area (Å²) in [5.74, 6) is -0.145. The first-order valence-electron chi connectivity index (χ1n) is 10.8. The van der Waals surface area contributed by atoms with Gasteiger partial charge in [0, 0.05) is 33.7 Å². The molecule has 1 N–H and O–H groups in total. The zero-order valence-corrected chi connectivity index (χ0v) is 19.5. The third kappa shape index (κ3) is 4.73. The Morgan fingerprint density at radius 2 is 1.61 bits per heavy atom. The second kappa shape index (κ2) is 9.43. The number of rotatable bonds is 6. The van der Waals surface area contributed by atoms with Crippen molar-refractivity contribution in [3.05, 3.63) is 118 Å². The number of hydrazone groups is 1. The van der Waals surface area contributed by atoms with Gasteiger partial charge >= 0.3 is 0 Å². The van der Waals surface area contributed by atoms with Crippen LogP contribution < -0.4 is 5.43 Å². The van der Waals surface area contributed by atoms with E-state index in [2.05, 4.69) is 91.8 Å². The van der Waals surface area contributed by atoms with Crippen LogP contribution in [-0.2, 0) is 17.8 Å². The largest absolute Gasteiger partial charge is 0.342 e. The predicted molar refractivity (Wildman–Crippen MR) is 139 cm³/mol. The first-order chi connectivity index (χ1) is 16.2. The van der Waals surface area contributed by atoms with Crippen LogP contribution in [0.3, 0.4) is 0 Å². The van der Waals surface area contributed by atoms with E-state index >= 15 is 0 Å². The molecule has 5 heteroatoms. The van der Waals surface area contributed by atoms with Crippen LogP contribution in [0.5, 0.6) is 0 Å². The van der Waals surface area contributed by atoms with Crippen molar-refractivity contribution in [3.63, 3.8) is 0 Å². The molecule has 5 aromatic rings. The maximum absolute atomic E-state index is 12.3. The fourth-order valence-corrected chi connectivity index (χ4v) is 4.39. The molecule has 0 saturated heterocycles. The second-order valence-corrected chi connectivity index (χ2v) is 8.88. The first-order valence-corrected chi connectivity index (χ1v) is 11.6. The normalized spacial score (nSPS) is 11.4. The lowest BCUT2D eigenvalue weighted by molar-refractivity contribution is -0.120. The summed E-state index contributed by atoms with van der Waals surface area (Å²) in [6.45, 7) is 0.756. The van der Waals surface area contributed by atoms with E-state index < -0.39 is 0 Å². The van der Waals surface area contributed by atoms with Gasteiger partial charge < -0.3 is 4.57 Å². The van der Waals surface area contributed by atoms with Gasteiger partial charge in [-0.1, -0.05) is 88.7 Å². The molecule has 0 aliphatic heterocycles. The highest BCUT2D eigenvalue weighted by Gasteiger charge is 2.09. The number of nitrogens with one attached hydrogen (secondary N) is 1. The number of amides is 1. The first kappa shape index (κ1) is 21.2. The van der Waals surface area contributed by atoms with Gasteiger partial charge in [-0.25, -0.2) is 5.43 Å². The van der Waals surface area contributed by atoms with Crippen LogP contribution >= 0.6 is 15.9 Å². The van der Waals surface area contributed by atoms with Gasteiger partial charge in [-0.05, 0) is 40.1 Å². The van der Waals surface area contributed by atoms with E-state index in [0.717, 1.165) is 33.0 Å². The molecule has 4 aromatic carbocycles. The summed E-state index contributed by atoms with van der Waals surface area (Å²) in [4.78, 5) is 12.3. The maximum atomic E-state index is 12.3. The molecule has 0 aliphatic rings. The molecular weight excluding hydrogens is 474 g/mol. The maximum Gasteiger partial charge on any atom is 0.244 e. The summed E-state index contributed by atoms with van der Waals surface area (Å²) >= 11 is 3.41. The average molecular weight is 496 g/mol. The number of aromatic nitrogens is 1. The highest BCUT2D eigenvalue weighted by molar-refractivity contribution is 9.10. The standard InChI is InChI=1S/C28H22BrN3O/c29-24-14-12-20(13-15-24)16-28(33)31-30-17-23-19-32(27-11-4-3-10-26(23)27)18-22-8-5-7-21-6-1-2-9-25(21)22/h1-15,17,19H,16,18H2,(H,31,33)/b30-17+. The zero-order valence-electron chi connectivity index (χ0n) is 17.9. The molecule has 0 spiro atoms. The van der Waals surface area contributed by atoms with Gasteiger partial charge in [-0.2, -0.15) is 5.10 Å². The van der Waals surface area contributed by atoms with E-state index in [9.17, 15) is 4.79 Å². The summed E-state index contributed by atoms with van der Waals surface area (Å²) in [6, 6.07) is 30.8. The fraction of sp³-hybridized carbons (Fsp3) is 0.0714. The number of halogens is 1. The van der Waals surface area contributed by atoms with E-state index in [1.807, 2.05) is 36.4 Å². The average Bonchev–Trinajstić information content (AvgIpc) is 3.18. The minimum Gasteiger partial charge on any atom is -0.342 e. The Kier molecular flexibility index (Phi) is 6.05. The van der Waals surface area contributed by atoms with Gasteiger partial charge in [-0.3, -0.25) is 4.79 Å². The third-order valence-electron chi connectivity index (χ3n) is 5.71. The van der Waals surface area contributed by atoms with Gasteiger partial charge in [-0.15, -0.1) is 0 Å². The van der Waals surface area contributed by atoms with Crippen molar-refractivity contribution in [3.8, 4) is 0 Å². The molecule has 0 bridgehead atoms. The molecule has 1 heterocycles. The smallest absolute Gasteiger partial charge is 0.244 e. The molecular formula is C28H22BrN3O. The van der Waals surface area contributed by atoms with Gasteiger partial charge in [0.05, 0.1) is 12.6 Å². The highest BCUT2D eigenvalue weighted by atomic mass is 79.9. The molecule has 0 atom stereocenters. The van der Waals surface area contributed by atoms with Crippen molar-refractivity contribution in [2.24, 2.45) is 5.10 Å². The SMILES string of the molecule is O=C(Cc1ccc(Br)cc1)N/N=C/c1cn(Cc2cccc3ccccc23)c2ccccc12. The predicted octanol–water partition coefficient (Wildman–Crippen LogP) is 6.30. The Bertz CT molecular complexity index is 1460. The number of hydrogen-bond donors (Lipinski definition) is 1. The molecule has 162 valence electrons. The lowest BCUT2D eigenvalue weighted by Gasteiger charge is -2.09. The molecule has 1 amide bonds. The fourth-order valence-electron chi connectivity index (χ4n) is 4.12. The van der Waals surface area contributed by atoms with E-state index in [1.165, 1.54) is 16.3 Å². The van der Waals surface area contributed by atoms with Crippen molar-refractivity contribution < 1.29 is 4.79 Å². The Labute approximate surface area is 200 Å². The summed E-state index contributed by atoms with van der Waals surface area (Å²) in [5, 5.41) is 7.82. The van der Waals surface area contributed by atoms with Crippen molar-refractivity contribution in [2.75, 3.05) is 0 Å². The van der Waals surface area contributed by atoms with Gasteiger partial charge in [0.1, 0.15) is 0 Å². The number of para-hydroxylation sites is 1. The second-order valence-electron chi connectivity index (χ2n) is 7.96. The third-order valence-corrected chi connectivity index (χ3v) is 6.24. The molecule has 0 radical (unpaired) electrons. The van der Waals surface area contributed by atoms with Crippen LogP contribution in [0.2, 0.25) is 0 Å². The van der Waals surface area contributed by atoms with Gasteiger partial charge in [0.2, 0.25) is 5.91 Å². The number of carbonyl (C=O) groups is 1. The lowest BCUT2D eigenvalue weighted by Crippen LogP contribution is -2.19.